The average molecular weight is 195 g/mol. The maximum atomic E-state index is 11.5. The summed E-state index contributed by atoms with van der Waals surface area (Å²) in [5.41, 5.74) is 3.33. The topological polar surface area (TPSA) is 43.1 Å². The zero-order chi connectivity index (χ0) is 7.92. The van der Waals surface area contributed by atoms with Gasteiger partial charge in [0.25, 0.3) is 0 Å². The van der Waals surface area contributed by atoms with Crippen LogP contribution in [0.5, 0.6) is 0 Å². The minimum absolute atomic E-state index is 0.750. The third-order valence-electron chi connectivity index (χ3n) is 2.32. The lowest BCUT2D eigenvalue weighted by atomic mass is 10.4. The van der Waals surface area contributed by atoms with Crippen molar-refractivity contribution in [2.75, 3.05) is 0 Å². The third kappa shape index (κ3) is 0.376. The summed E-state index contributed by atoms with van der Waals surface area (Å²) in [7, 11) is -2.04. The SMILES string of the molecule is O=P12c3oc(-c4cscn4)c1c32. The molecule has 58 valence electrons. The lowest BCUT2D eigenvalue weighted by Gasteiger charge is -1.83. The molecular weight excluding hydrogens is 193 g/mol. The van der Waals surface area contributed by atoms with Crippen molar-refractivity contribution in [1.82, 2.24) is 4.98 Å². The van der Waals surface area contributed by atoms with Gasteiger partial charge < -0.3 is 8.98 Å². The van der Waals surface area contributed by atoms with Crippen molar-refractivity contribution in [2.45, 2.75) is 0 Å². The second-order valence-electron chi connectivity index (χ2n) is 2.92. The molecule has 2 aromatic rings. The summed E-state index contributed by atoms with van der Waals surface area (Å²) in [5, 5.41) is 3.88. The van der Waals surface area contributed by atoms with Crippen LogP contribution in [0.3, 0.4) is 0 Å². The molecule has 1 unspecified atom stereocenters. The quantitative estimate of drug-likeness (QED) is 0.419. The number of hydrogen-bond acceptors (Lipinski definition) is 4. The first-order chi connectivity index (χ1) is 5.83. The van der Waals surface area contributed by atoms with E-state index in [1.54, 1.807) is 5.51 Å². The van der Waals surface area contributed by atoms with Gasteiger partial charge in [-0.15, -0.1) is 11.3 Å². The molecule has 2 aromatic heterocycles. The molecule has 0 radical (unpaired) electrons. The fourth-order valence-corrected chi connectivity index (χ4v) is 4.62. The summed E-state index contributed by atoms with van der Waals surface area (Å²) in [6.07, 6.45) is 0. The highest BCUT2D eigenvalue weighted by atomic mass is 32.1. The highest BCUT2D eigenvalue weighted by Crippen LogP contribution is 2.70. The van der Waals surface area contributed by atoms with Gasteiger partial charge >= 0.3 is 0 Å². The van der Waals surface area contributed by atoms with Crippen molar-refractivity contribution >= 4 is 34.6 Å². The zero-order valence-corrected chi connectivity index (χ0v) is 7.48. The molecule has 0 aromatic carbocycles. The Kier molecular flexibility index (Phi) is 0.640. The normalized spacial score (nSPS) is 27.0. The van der Waals surface area contributed by atoms with Crippen LogP contribution < -0.4 is 16.1 Å². The molecule has 1 atom stereocenters. The molecule has 0 N–H and O–H groups in total. The van der Waals surface area contributed by atoms with Crippen LogP contribution in [0.15, 0.2) is 15.3 Å². The number of rotatable bonds is 1. The first-order valence-electron chi connectivity index (χ1n) is 3.50. The smallest absolute Gasteiger partial charge is 0.214 e. The molecule has 3 aliphatic heterocycles. The molecule has 5 rings (SSSR count). The molecule has 2 bridgehead atoms. The Bertz CT molecular complexity index is 545. The van der Waals surface area contributed by atoms with Crippen molar-refractivity contribution in [3.63, 3.8) is 0 Å². The van der Waals surface area contributed by atoms with Crippen LogP contribution in [-0.4, -0.2) is 4.98 Å². The average Bonchev–Trinajstić information content (AvgIpc) is 2.75. The highest BCUT2D eigenvalue weighted by molar-refractivity contribution is 8.06. The number of nitrogens with zero attached hydrogens (tertiary/aromatic N) is 1. The number of aromatic nitrogens is 1. The lowest BCUT2D eigenvalue weighted by Crippen LogP contribution is -1.95. The Morgan fingerprint density at radius 2 is 2.33 bits per heavy atom. The largest absolute Gasteiger partial charge is 0.449 e. The van der Waals surface area contributed by atoms with Gasteiger partial charge in [0.15, 0.2) is 11.3 Å². The maximum absolute atomic E-state index is 11.5. The van der Waals surface area contributed by atoms with E-state index in [-0.39, 0.29) is 0 Å². The van der Waals surface area contributed by atoms with Gasteiger partial charge in [-0.3, -0.25) is 0 Å². The van der Waals surface area contributed by atoms with Crippen molar-refractivity contribution < 1.29 is 8.98 Å². The summed E-state index contributed by atoms with van der Waals surface area (Å²) in [4.78, 5) is 4.11. The van der Waals surface area contributed by atoms with Crippen LogP contribution in [0.1, 0.15) is 0 Å². The third-order valence-corrected chi connectivity index (χ3v) is 5.46. The fraction of sp³-hybridized carbons (Fsp3) is 0. The van der Waals surface area contributed by atoms with Gasteiger partial charge in [0.05, 0.1) is 16.1 Å². The van der Waals surface area contributed by atoms with Crippen LogP contribution in [0.25, 0.3) is 11.5 Å². The predicted octanol–water partition coefficient (Wildman–Crippen LogP) is 0.669. The molecule has 0 saturated heterocycles. The molecule has 5 heteroatoms. The number of hydrogen-bond donors (Lipinski definition) is 0. The maximum Gasteiger partial charge on any atom is 0.214 e. The zero-order valence-electron chi connectivity index (χ0n) is 5.77. The molecule has 3 aliphatic rings. The van der Waals surface area contributed by atoms with Crippen LogP contribution in [0.4, 0.5) is 0 Å². The molecular formula is C7H2NO2PS. The highest BCUT2D eigenvalue weighted by Gasteiger charge is 2.74. The molecule has 3 nitrogen and oxygen atoms in total. The monoisotopic (exact) mass is 195 g/mol. The van der Waals surface area contributed by atoms with E-state index in [9.17, 15) is 4.57 Å². The van der Waals surface area contributed by atoms with E-state index in [2.05, 4.69) is 4.98 Å². The summed E-state index contributed by atoms with van der Waals surface area (Å²) in [5.74, 6) is 0.754. The minimum Gasteiger partial charge on any atom is -0.449 e. The van der Waals surface area contributed by atoms with Gasteiger partial charge in [-0.25, -0.2) is 4.98 Å². The second-order valence-corrected chi connectivity index (χ2v) is 6.15. The molecule has 0 spiro atoms. The number of fused-ring (bicyclic) bond motifs is 1. The minimum atomic E-state index is -2.04. The van der Waals surface area contributed by atoms with Crippen molar-refractivity contribution in [3.05, 3.63) is 10.9 Å². The Morgan fingerprint density at radius 3 is 2.83 bits per heavy atom. The summed E-state index contributed by atoms with van der Waals surface area (Å²) in [6.45, 7) is 0. The molecule has 0 saturated carbocycles. The fourth-order valence-electron chi connectivity index (χ4n) is 1.60. The van der Waals surface area contributed by atoms with Crippen molar-refractivity contribution in [2.24, 2.45) is 0 Å². The Morgan fingerprint density at radius 1 is 1.50 bits per heavy atom. The van der Waals surface area contributed by atoms with Crippen molar-refractivity contribution in [1.29, 1.82) is 0 Å². The summed E-state index contributed by atoms with van der Waals surface area (Å²) in [6, 6.07) is 0. The number of furan rings is 1. The molecule has 0 amide bonds. The first-order valence-corrected chi connectivity index (χ1v) is 6.15. The van der Waals surface area contributed by atoms with Crippen molar-refractivity contribution in [3.8, 4) is 11.5 Å². The standard InChI is InChI=1S/C7H2NO2PS/c9-11-5-4(3-1-12-2-8-3)10-7(11)6(5)11/h1-2H. The van der Waals surface area contributed by atoms with E-state index >= 15 is 0 Å². The Balaban J connectivity index is 2.06. The van der Waals surface area contributed by atoms with E-state index in [1.807, 2.05) is 5.38 Å². The van der Waals surface area contributed by atoms with Gasteiger partial charge in [0, 0.05) is 5.38 Å². The predicted molar refractivity (Wildman–Crippen MR) is 46.3 cm³/mol. The Hall–Kier alpha value is -0.860. The lowest BCUT2D eigenvalue weighted by molar-refractivity contribution is 0.590. The van der Waals surface area contributed by atoms with Gasteiger partial charge in [-0.2, -0.15) is 0 Å². The first kappa shape index (κ1) is 5.73. The molecule has 0 aliphatic carbocycles. The van der Waals surface area contributed by atoms with Crippen LogP contribution in [-0.2, 0) is 4.57 Å². The van der Waals surface area contributed by atoms with E-state index in [1.165, 1.54) is 11.3 Å². The van der Waals surface area contributed by atoms with Crippen LogP contribution in [0.2, 0.25) is 0 Å². The van der Waals surface area contributed by atoms with E-state index in [0.29, 0.717) is 0 Å². The van der Waals surface area contributed by atoms with Gasteiger partial charge in [-0.05, 0) is 0 Å². The van der Waals surface area contributed by atoms with Crippen LogP contribution in [0, 0.1) is 0 Å². The molecule has 12 heavy (non-hydrogen) atoms. The Labute approximate surface area is 71.4 Å². The van der Waals surface area contributed by atoms with Gasteiger partial charge in [0.2, 0.25) is 7.14 Å². The number of thiazole rings is 1. The molecule has 0 fully saturated rings. The summed E-state index contributed by atoms with van der Waals surface area (Å²) >= 11 is 1.52. The van der Waals surface area contributed by atoms with E-state index in [4.69, 9.17) is 4.42 Å². The van der Waals surface area contributed by atoms with Gasteiger partial charge in [-0.1, -0.05) is 0 Å². The van der Waals surface area contributed by atoms with Gasteiger partial charge in [0.1, 0.15) is 5.69 Å². The second kappa shape index (κ2) is 1.34. The van der Waals surface area contributed by atoms with E-state index < -0.39 is 7.14 Å². The molecule has 5 heterocycles. The van der Waals surface area contributed by atoms with Crippen LogP contribution >= 0.6 is 18.5 Å². The van der Waals surface area contributed by atoms with E-state index in [0.717, 1.165) is 27.6 Å². The summed E-state index contributed by atoms with van der Waals surface area (Å²) < 4.78 is 16.9.